The van der Waals surface area contributed by atoms with Crippen LogP contribution in [0.25, 0.3) is 21.9 Å². The molecule has 2 N–H and O–H groups in total. The Labute approximate surface area is 147 Å². The van der Waals surface area contributed by atoms with Crippen molar-refractivity contribution in [1.82, 2.24) is 4.98 Å². The maximum Gasteiger partial charge on any atom is 0.165 e. The first-order chi connectivity index (χ1) is 11.8. The molecule has 0 aliphatic carbocycles. The number of pyridine rings is 1. The van der Waals surface area contributed by atoms with Crippen LogP contribution < -0.4 is 5.32 Å². The summed E-state index contributed by atoms with van der Waals surface area (Å²) in [5.41, 5.74) is 2.78. The molecule has 3 rings (SSSR count). The Balaban J connectivity index is 2.27. The first kappa shape index (κ1) is 17.2. The number of anilines is 1. The topological polar surface area (TPSA) is 45.2 Å². The molecule has 0 aliphatic rings. The van der Waals surface area contributed by atoms with Gasteiger partial charge >= 0.3 is 0 Å². The lowest BCUT2D eigenvalue weighted by molar-refractivity contribution is 0.432. The van der Waals surface area contributed by atoms with E-state index in [0.29, 0.717) is 5.56 Å². The number of phenolic OH excluding ortho intramolecular Hbond substituents is 1. The van der Waals surface area contributed by atoms with E-state index in [1.807, 2.05) is 6.92 Å². The Morgan fingerprint density at radius 2 is 1.84 bits per heavy atom. The number of phenols is 1. The molecule has 0 fully saturated rings. The summed E-state index contributed by atoms with van der Waals surface area (Å²) in [6.45, 7) is 9.33. The standard InChI is InChI=1S/C21H23FN2O/c1-5-23-20-16-11-14(21(2,3)4)7-8-15(16)17(12-24-20)13-6-9-19(25)18(22)10-13/h6-12,25H,5H2,1-4H3,(H,23,24). The summed E-state index contributed by atoms with van der Waals surface area (Å²) in [6, 6.07) is 10.8. The van der Waals surface area contributed by atoms with Crippen LogP contribution in [-0.2, 0) is 5.41 Å². The van der Waals surface area contributed by atoms with E-state index in [4.69, 9.17) is 0 Å². The Morgan fingerprint density at radius 3 is 2.48 bits per heavy atom. The van der Waals surface area contributed by atoms with Gasteiger partial charge in [0.1, 0.15) is 5.82 Å². The lowest BCUT2D eigenvalue weighted by atomic mass is 9.85. The highest BCUT2D eigenvalue weighted by atomic mass is 19.1. The van der Waals surface area contributed by atoms with Gasteiger partial charge < -0.3 is 10.4 Å². The first-order valence-corrected chi connectivity index (χ1v) is 8.47. The van der Waals surface area contributed by atoms with Crippen molar-refractivity contribution in [2.75, 3.05) is 11.9 Å². The van der Waals surface area contributed by atoms with E-state index in [9.17, 15) is 9.50 Å². The lowest BCUT2D eigenvalue weighted by Gasteiger charge is -2.21. The smallest absolute Gasteiger partial charge is 0.165 e. The van der Waals surface area contributed by atoms with Crippen LogP contribution in [0.4, 0.5) is 10.2 Å². The second-order valence-corrected chi connectivity index (χ2v) is 7.23. The van der Waals surface area contributed by atoms with Gasteiger partial charge in [-0.15, -0.1) is 0 Å². The minimum atomic E-state index is -0.632. The first-order valence-electron chi connectivity index (χ1n) is 8.47. The van der Waals surface area contributed by atoms with Gasteiger partial charge in [0, 0.05) is 23.7 Å². The summed E-state index contributed by atoms with van der Waals surface area (Å²) in [5, 5.41) is 14.8. The van der Waals surface area contributed by atoms with Crippen LogP contribution in [0.15, 0.2) is 42.6 Å². The third-order valence-corrected chi connectivity index (χ3v) is 4.36. The average molecular weight is 338 g/mol. The van der Waals surface area contributed by atoms with Crippen molar-refractivity contribution in [2.24, 2.45) is 0 Å². The summed E-state index contributed by atoms with van der Waals surface area (Å²) in [7, 11) is 0. The number of nitrogens with zero attached hydrogens (tertiary/aromatic N) is 1. The van der Waals surface area contributed by atoms with Gasteiger partial charge in [-0.3, -0.25) is 0 Å². The van der Waals surface area contributed by atoms with Crippen LogP contribution in [0.3, 0.4) is 0 Å². The molecule has 2 aromatic carbocycles. The van der Waals surface area contributed by atoms with Gasteiger partial charge in [-0.1, -0.05) is 39.0 Å². The summed E-state index contributed by atoms with van der Waals surface area (Å²) >= 11 is 0. The number of aromatic nitrogens is 1. The number of nitrogens with one attached hydrogen (secondary N) is 1. The molecule has 0 radical (unpaired) electrons. The number of rotatable bonds is 3. The molecule has 0 spiro atoms. The minimum Gasteiger partial charge on any atom is -0.505 e. The molecule has 0 bridgehead atoms. The molecular formula is C21H23FN2O. The number of fused-ring (bicyclic) bond motifs is 1. The van der Waals surface area contributed by atoms with Gasteiger partial charge in [0.25, 0.3) is 0 Å². The van der Waals surface area contributed by atoms with E-state index in [1.165, 1.54) is 17.7 Å². The Bertz CT molecular complexity index is 929. The molecule has 4 heteroatoms. The van der Waals surface area contributed by atoms with Crippen molar-refractivity contribution < 1.29 is 9.50 Å². The van der Waals surface area contributed by atoms with Crippen LogP contribution in [0.5, 0.6) is 5.75 Å². The number of hydrogen-bond acceptors (Lipinski definition) is 3. The predicted octanol–water partition coefficient (Wildman–Crippen LogP) is 5.48. The highest BCUT2D eigenvalue weighted by Crippen LogP contribution is 2.35. The van der Waals surface area contributed by atoms with Crippen LogP contribution >= 0.6 is 0 Å². The minimum absolute atomic E-state index is 0.0261. The number of hydrogen-bond donors (Lipinski definition) is 2. The molecule has 1 heterocycles. The molecule has 0 saturated carbocycles. The van der Waals surface area contributed by atoms with Gasteiger partial charge in [-0.05, 0) is 47.1 Å². The lowest BCUT2D eigenvalue weighted by Crippen LogP contribution is -2.11. The van der Waals surface area contributed by atoms with Crippen molar-refractivity contribution in [3.63, 3.8) is 0 Å². The normalized spacial score (nSPS) is 11.7. The second kappa shape index (κ2) is 6.36. The average Bonchev–Trinajstić information content (AvgIpc) is 2.57. The van der Waals surface area contributed by atoms with Crippen molar-refractivity contribution in [1.29, 1.82) is 0 Å². The molecule has 1 aromatic heterocycles. The van der Waals surface area contributed by atoms with Gasteiger partial charge in [-0.2, -0.15) is 0 Å². The summed E-state index contributed by atoms with van der Waals surface area (Å²) in [4.78, 5) is 4.55. The maximum atomic E-state index is 13.8. The predicted molar refractivity (Wildman–Crippen MR) is 102 cm³/mol. The SMILES string of the molecule is CCNc1ncc(-c2ccc(O)c(F)c2)c2ccc(C(C)(C)C)cc12. The zero-order valence-electron chi connectivity index (χ0n) is 15.0. The third kappa shape index (κ3) is 3.29. The molecule has 3 aromatic rings. The Hall–Kier alpha value is -2.62. The molecule has 0 aliphatic heterocycles. The number of aromatic hydroxyl groups is 1. The fraction of sp³-hybridized carbons (Fsp3) is 0.286. The van der Waals surface area contributed by atoms with Gasteiger partial charge in [0.15, 0.2) is 11.6 Å². The van der Waals surface area contributed by atoms with E-state index in [2.05, 4.69) is 49.3 Å². The van der Waals surface area contributed by atoms with Crippen LogP contribution in [0.1, 0.15) is 33.3 Å². The van der Waals surface area contributed by atoms with E-state index >= 15 is 0 Å². The van der Waals surface area contributed by atoms with Crippen molar-refractivity contribution in [3.8, 4) is 16.9 Å². The second-order valence-electron chi connectivity index (χ2n) is 7.23. The van der Waals surface area contributed by atoms with Crippen molar-refractivity contribution >= 4 is 16.6 Å². The van der Waals surface area contributed by atoms with E-state index in [1.54, 1.807) is 12.3 Å². The highest BCUT2D eigenvalue weighted by Gasteiger charge is 2.17. The quantitative estimate of drug-likeness (QED) is 0.665. The maximum absolute atomic E-state index is 13.8. The van der Waals surface area contributed by atoms with E-state index < -0.39 is 5.82 Å². The molecule has 130 valence electrons. The van der Waals surface area contributed by atoms with Crippen LogP contribution in [-0.4, -0.2) is 16.6 Å². The Morgan fingerprint density at radius 1 is 1.08 bits per heavy atom. The summed E-state index contributed by atoms with van der Waals surface area (Å²) in [6.07, 6.45) is 1.75. The fourth-order valence-electron chi connectivity index (χ4n) is 2.92. The van der Waals surface area contributed by atoms with E-state index in [0.717, 1.165) is 28.7 Å². The summed E-state index contributed by atoms with van der Waals surface area (Å²) in [5.74, 6) is -0.153. The molecule has 0 amide bonds. The molecule has 0 saturated heterocycles. The van der Waals surface area contributed by atoms with Crippen LogP contribution in [0, 0.1) is 5.82 Å². The fourth-order valence-corrected chi connectivity index (χ4v) is 2.92. The zero-order chi connectivity index (χ0) is 18.2. The molecule has 0 atom stereocenters. The van der Waals surface area contributed by atoms with Crippen LogP contribution in [0.2, 0.25) is 0 Å². The van der Waals surface area contributed by atoms with Gasteiger partial charge in [0.05, 0.1) is 0 Å². The van der Waals surface area contributed by atoms with Gasteiger partial charge in [-0.25, -0.2) is 9.37 Å². The molecule has 0 unspecified atom stereocenters. The monoisotopic (exact) mass is 338 g/mol. The van der Waals surface area contributed by atoms with Crippen molar-refractivity contribution in [2.45, 2.75) is 33.1 Å². The largest absolute Gasteiger partial charge is 0.505 e. The number of benzene rings is 2. The Kier molecular flexibility index (Phi) is 4.38. The summed E-state index contributed by atoms with van der Waals surface area (Å²) < 4.78 is 13.8. The molecular weight excluding hydrogens is 315 g/mol. The highest BCUT2D eigenvalue weighted by molar-refractivity contribution is 6.02. The molecule has 3 nitrogen and oxygen atoms in total. The van der Waals surface area contributed by atoms with Crippen molar-refractivity contribution in [3.05, 3.63) is 54.0 Å². The zero-order valence-corrected chi connectivity index (χ0v) is 15.0. The third-order valence-electron chi connectivity index (χ3n) is 4.36. The molecule has 25 heavy (non-hydrogen) atoms. The van der Waals surface area contributed by atoms with Gasteiger partial charge in [0.2, 0.25) is 0 Å². The number of halogens is 1. The van der Waals surface area contributed by atoms with E-state index in [-0.39, 0.29) is 11.2 Å².